The van der Waals surface area contributed by atoms with E-state index in [0.717, 1.165) is 5.56 Å². The van der Waals surface area contributed by atoms with Gasteiger partial charge in [0.15, 0.2) is 0 Å². The van der Waals surface area contributed by atoms with Crippen LogP contribution in [0.15, 0.2) is 30.3 Å². The Hall–Kier alpha value is -1.55. The van der Waals surface area contributed by atoms with Crippen molar-refractivity contribution in [3.05, 3.63) is 35.9 Å². The number of aliphatic hydroxyl groups is 1. The van der Waals surface area contributed by atoms with E-state index in [4.69, 9.17) is 9.84 Å². The molecule has 4 nitrogen and oxygen atoms in total. The second-order valence-corrected chi connectivity index (χ2v) is 3.77. The highest BCUT2D eigenvalue weighted by Gasteiger charge is 2.11. The van der Waals surface area contributed by atoms with Crippen molar-refractivity contribution >= 4 is 6.09 Å². The van der Waals surface area contributed by atoms with Crippen LogP contribution in [0.25, 0.3) is 0 Å². The molecule has 0 aliphatic heterocycles. The Bertz CT molecular complexity index is 324. The predicted molar refractivity (Wildman–Crippen MR) is 60.9 cm³/mol. The summed E-state index contributed by atoms with van der Waals surface area (Å²) >= 11 is 0. The number of rotatable bonds is 4. The van der Waals surface area contributed by atoms with Gasteiger partial charge in [0.2, 0.25) is 0 Å². The minimum atomic E-state index is -0.547. The average molecular weight is 223 g/mol. The molecule has 0 heterocycles. The topological polar surface area (TPSA) is 49.8 Å². The van der Waals surface area contributed by atoms with Gasteiger partial charge in [-0.1, -0.05) is 30.3 Å². The molecule has 0 unspecified atom stereocenters. The number of likely N-dealkylation sites (N-methyl/N-ethyl adjacent to an activating group) is 1. The van der Waals surface area contributed by atoms with E-state index >= 15 is 0 Å². The largest absolute Gasteiger partial charge is 0.445 e. The van der Waals surface area contributed by atoms with E-state index in [0.29, 0.717) is 0 Å². The summed E-state index contributed by atoms with van der Waals surface area (Å²) < 4.78 is 5.07. The fourth-order valence-corrected chi connectivity index (χ4v) is 1.30. The smallest absolute Gasteiger partial charge is 0.409 e. The molecule has 0 aliphatic rings. The van der Waals surface area contributed by atoms with Crippen LogP contribution >= 0.6 is 0 Å². The summed E-state index contributed by atoms with van der Waals surface area (Å²) in [7, 11) is 1.60. The third-order valence-electron chi connectivity index (χ3n) is 2.05. The number of carbonyl (C=O) groups is 1. The number of hydrogen-bond acceptors (Lipinski definition) is 3. The molecule has 0 spiro atoms. The van der Waals surface area contributed by atoms with Gasteiger partial charge in [-0.3, -0.25) is 0 Å². The molecular weight excluding hydrogens is 206 g/mol. The predicted octanol–water partition coefficient (Wildman–Crippen LogP) is 1.64. The summed E-state index contributed by atoms with van der Waals surface area (Å²) in [6.07, 6.45) is -0.973. The summed E-state index contributed by atoms with van der Waals surface area (Å²) in [6.45, 7) is 2.15. The molecule has 1 N–H and O–H groups in total. The summed E-state index contributed by atoms with van der Waals surface area (Å²) in [5, 5.41) is 9.11. The van der Waals surface area contributed by atoms with Crippen LogP contribution in [-0.4, -0.2) is 35.8 Å². The fraction of sp³-hybridized carbons (Fsp3) is 0.417. The first-order valence-corrected chi connectivity index (χ1v) is 5.19. The molecule has 0 fully saturated rings. The van der Waals surface area contributed by atoms with Crippen LogP contribution < -0.4 is 0 Å². The Balaban J connectivity index is 2.35. The van der Waals surface area contributed by atoms with E-state index in [1.54, 1.807) is 14.0 Å². The van der Waals surface area contributed by atoms with Crippen molar-refractivity contribution in [2.45, 2.75) is 19.6 Å². The molecule has 0 aliphatic carbocycles. The number of benzene rings is 1. The standard InChI is InChI=1S/C12H17NO3/c1-10(14)8-13(2)12(15)16-9-11-6-4-3-5-7-11/h3-7,10,14H,8-9H2,1-2H3/t10-/m0/s1. The summed E-state index contributed by atoms with van der Waals surface area (Å²) in [4.78, 5) is 12.8. The van der Waals surface area contributed by atoms with Crippen LogP contribution in [-0.2, 0) is 11.3 Å². The fourth-order valence-electron chi connectivity index (χ4n) is 1.30. The molecule has 0 saturated heterocycles. The highest BCUT2D eigenvalue weighted by atomic mass is 16.6. The van der Waals surface area contributed by atoms with Gasteiger partial charge < -0.3 is 14.7 Å². The van der Waals surface area contributed by atoms with Gasteiger partial charge in [-0.05, 0) is 12.5 Å². The molecule has 1 rings (SSSR count). The van der Waals surface area contributed by atoms with E-state index < -0.39 is 12.2 Å². The molecule has 4 heteroatoms. The van der Waals surface area contributed by atoms with Gasteiger partial charge >= 0.3 is 6.09 Å². The van der Waals surface area contributed by atoms with E-state index in [2.05, 4.69) is 0 Å². The first-order valence-electron chi connectivity index (χ1n) is 5.19. The molecule has 0 aromatic heterocycles. The molecule has 1 aromatic carbocycles. The van der Waals surface area contributed by atoms with Crippen molar-refractivity contribution in [1.82, 2.24) is 4.90 Å². The van der Waals surface area contributed by atoms with Crippen molar-refractivity contribution in [3.8, 4) is 0 Å². The number of ether oxygens (including phenoxy) is 1. The van der Waals surface area contributed by atoms with Crippen LogP contribution in [0.5, 0.6) is 0 Å². The first kappa shape index (κ1) is 12.5. The summed E-state index contributed by atoms with van der Waals surface area (Å²) in [5.74, 6) is 0. The lowest BCUT2D eigenvalue weighted by Gasteiger charge is -2.18. The molecule has 1 aromatic rings. The minimum Gasteiger partial charge on any atom is -0.445 e. The van der Waals surface area contributed by atoms with Gasteiger partial charge in [-0.2, -0.15) is 0 Å². The second kappa shape index (κ2) is 6.12. The zero-order valence-electron chi connectivity index (χ0n) is 9.59. The van der Waals surface area contributed by atoms with Crippen molar-refractivity contribution in [3.63, 3.8) is 0 Å². The Morgan fingerprint density at radius 2 is 2.06 bits per heavy atom. The van der Waals surface area contributed by atoms with Crippen molar-refractivity contribution in [2.75, 3.05) is 13.6 Å². The van der Waals surface area contributed by atoms with Crippen LogP contribution in [0.2, 0.25) is 0 Å². The zero-order chi connectivity index (χ0) is 12.0. The Kier molecular flexibility index (Phi) is 4.79. The van der Waals surface area contributed by atoms with Crippen molar-refractivity contribution < 1.29 is 14.6 Å². The highest BCUT2D eigenvalue weighted by Crippen LogP contribution is 2.02. The van der Waals surface area contributed by atoms with E-state index in [9.17, 15) is 4.79 Å². The molecule has 0 saturated carbocycles. The molecule has 16 heavy (non-hydrogen) atoms. The van der Waals surface area contributed by atoms with Gasteiger partial charge in [0.25, 0.3) is 0 Å². The van der Waals surface area contributed by atoms with Crippen LogP contribution in [0.3, 0.4) is 0 Å². The third-order valence-corrected chi connectivity index (χ3v) is 2.05. The monoisotopic (exact) mass is 223 g/mol. The first-order chi connectivity index (χ1) is 7.59. The van der Waals surface area contributed by atoms with Crippen LogP contribution in [0.4, 0.5) is 4.79 Å². The van der Waals surface area contributed by atoms with Crippen molar-refractivity contribution in [1.29, 1.82) is 0 Å². The molecule has 0 bridgehead atoms. The van der Waals surface area contributed by atoms with E-state index in [1.165, 1.54) is 4.90 Å². The maximum absolute atomic E-state index is 11.4. The average Bonchev–Trinajstić information content (AvgIpc) is 2.26. The summed E-state index contributed by atoms with van der Waals surface area (Å²) in [6, 6.07) is 9.47. The van der Waals surface area contributed by atoms with Crippen LogP contribution in [0, 0.1) is 0 Å². The summed E-state index contributed by atoms with van der Waals surface area (Å²) in [5.41, 5.74) is 0.946. The van der Waals surface area contributed by atoms with E-state index in [-0.39, 0.29) is 13.2 Å². The highest BCUT2D eigenvalue weighted by molar-refractivity contribution is 5.67. The molecule has 1 amide bonds. The zero-order valence-corrected chi connectivity index (χ0v) is 9.59. The number of nitrogens with zero attached hydrogens (tertiary/aromatic N) is 1. The van der Waals surface area contributed by atoms with Gasteiger partial charge in [0.1, 0.15) is 6.61 Å². The number of hydrogen-bond donors (Lipinski definition) is 1. The SMILES string of the molecule is C[C@H](O)CN(C)C(=O)OCc1ccccc1. The Morgan fingerprint density at radius 3 is 2.62 bits per heavy atom. The van der Waals surface area contributed by atoms with Crippen molar-refractivity contribution in [2.24, 2.45) is 0 Å². The van der Waals surface area contributed by atoms with E-state index in [1.807, 2.05) is 30.3 Å². The molecule has 0 radical (unpaired) electrons. The lowest BCUT2D eigenvalue weighted by Crippen LogP contribution is -2.33. The van der Waals surface area contributed by atoms with Crippen LogP contribution in [0.1, 0.15) is 12.5 Å². The molecule has 1 atom stereocenters. The maximum Gasteiger partial charge on any atom is 0.409 e. The van der Waals surface area contributed by atoms with Gasteiger partial charge in [-0.15, -0.1) is 0 Å². The van der Waals surface area contributed by atoms with Gasteiger partial charge in [0.05, 0.1) is 6.10 Å². The number of carbonyl (C=O) groups excluding carboxylic acids is 1. The number of aliphatic hydroxyl groups excluding tert-OH is 1. The lowest BCUT2D eigenvalue weighted by atomic mass is 10.2. The quantitative estimate of drug-likeness (QED) is 0.844. The van der Waals surface area contributed by atoms with Gasteiger partial charge in [-0.25, -0.2) is 4.79 Å². The lowest BCUT2D eigenvalue weighted by molar-refractivity contribution is 0.0834. The number of amides is 1. The maximum atomic E-state index is 11.4. The Morgan fingerprint density at radius 1 is 1.44 bits per heavy atom. The molecule has 88 valence electrons. The minimum absolute atomic E-state index is 0.254. The normalized spacial score (nSPS) is 11.9. The molecular formula is C12H17NO3. The third kappa shape index (κ3) is 4.31. The second-order valence-electron chi connectivity index (χ2n) is 3.77. The Labute approximate surface area is 95.5 Å². The van der Waals surface area contributed by atoms with Gasteiger partial charge in [0, 0.05) is 13.6 Å².